The van der Waals surface area contributed by atoms with Gasteiger partial charge < -0.3 is 14.4 Å². The summed E-state index contributed by atoms with van der Waals surface area (Å²) >= 11 is 0. The second-order valence-electron chi connectivity index (χ2n) is 6.80. The predicted octanol–water partition coefficient (Wildman–Crippen LogP) is 4.13. The van der Waals surface area contributed by atoms with Gasteiger partial charge in [-0.05, 0) is 46.9 Å². The van der Waals surface area contributed by atoms with E-state index in [4.69, 9.17) is 4.74 Å². The van der Waals surface area contributed by atoms with Crippen LogP contribution in [0.15, 0.2) is 72.8 Å². The summed E-state index contributed by atoms with van der Waals surface area (Å²) in [5.74, 6) is 0.660. The van der Waals surface area contributed by atoms with Crippen LogP contribution < -0.4 is 4.74 Å². The topological polar surface area (TPSA) is 46.6 Å². The minimum atomic E-state index is -0.0886. The third kappa shape index (κ3) is 3.67. The average Bonchev–Trinajstić information content (AvgIpc) is 2.75. The van der Waals surface area contributed by atoms with Crippen molar-refractivity contribution in [1.29, 1.82) is 0 Å². The van der Waals surface area contributed by atoms with E-state index in [-0.39, 0.29) is 12.5 Å². The molecule has 0 spiro atoms. The molecule has 0 bridgehead atoms. The van der Waals surface area contributed by atoms with E-state index < -0.39 is 0 Å². The molecule has 0 aromatic heterocycles. The highest BCUT2D eigenvalue weighted by molar-refractivity contribution is 5.97. The van der Waals surface area contributed by atoms with Crippen LogP contribution in [0, 0.1) is 0 Å². The van der Waals surface area contributed by atoms with Gasteiger partial charge in [-0.3, -0.25) is 4.79 Å². The molecule has 0 N–H and O–H groups in total. The van der Waals surface area contributed by atoms with Crippen molar-refractivity contribution in [2.75, 3.05) is 13.1 Å². The van der Waals surface area contributed by atoms with Crippen molar-refractivity contribution in [2.45, 2.75) is 13.0 Å². The molecule has 0 fully saturated rings. The van der Waals surface area contributed by atoms with Gasteiger partial charge in [0.15, 0.2) is 0 Å². The number of nitrogens with zero attached hydrogens (tertiary/aromatic N) is 1. The standard InChI is InChI=1S/C24H21NO3/c26-15-14-25-13-12-19-16-21(10-11-23(19)24(25)27)28-17-20-8-4-5-9-22(20)18-6-2-1-3-7-18/h1-11,15-16H,12-14,17H2. The third-order valence-electron chi connectivity index (χ3n) is 5.04. The molecular weight excluding hydrogens is 350 g/mol. The maximum absolute atomic E-state index is 12.4. The summed E-state index contributed by atoms with van der Waals surface area (Å²) in [6.07, 6.45) is 1.50. The number of carbonyl (C=O) groups is 2. The smallest absolute Gasteiger partial charge is 0.254 e. The first-order valence-corrected chi connectivity index (χ1v) is 9.38. The van der Waals surface area contributed by atoms with Crippen molar-refractivity contribution < 1.29 is 14.3 Å². The van der Waals surface area contributed by atoms with Gasteiger partial charge in [-0.1, -0.05) is 54.6 Å². The minimum Gasteiger partial charge on any atom is -0.489 e. The molecule has 0 saturated carbocycles. The van der Waals surface area contributed by atoms with Crippen molar-refractivity contribution in [2.24, 2.45) is 0 Å². The third-order valence-corrected chi connectivity index (χ3v) is 5.04. The molecule has 28 heavy (non-hydrogen) atoms. The average molecular weight is 371 g/mol. The molecule has 3 aromatic carbocycles. The normalized spacial score (nSPS) is 13.1. The first-order valence-electron chi connectivity index (χ1n) is 9.38. The summed E-state index contributed by atoms with van der Waals surface area (Å²) in [7, 11) is 0. The zero-order chi connectivity index (χ0) is 19.3. The molecule has 0 unspecified atom stereocenters. The summed E-state index contributed by atoms with van der Waals surface area (Å²) in [5.41, 5.74) is 5.06. The molecule has 0 radical (unpaired) electrons. The second-order valence-corrected chi connectivity index (χ2v) is 6.80. The van der Waals surface area contributed by atoms with E-state index in [0.29, 0.717) is 18.7 Å². The molecule has 4 heteroatoms. The Morgan fingerprint density at radius 2 is 1.71 bits per heavy atom. The van der Waals surface area contributed by atoms with Crippen LogP contribution in [0.4, 0.5) is 0 Å². The van der Waals surface area contributed by atoms with Gasteiger partial charge in [-0.15, -0.1) is 0 Å². The molecule has 1 aliphatic rings. The molecule has 4 rings (SSSR count). The zero-order valence-electron chi connectivity index (χ0n) is 15.5. The number of carbonyl (C=O) groups excluding carboxylic acids is 2. The lowest BCUT2D eigenvalue weighted by atomic mass is 9.98. The highest BCUT2D eigenvalue weighted by Crippen LogP contribution is 2.27. The molecule has 3 aromatic rings. The van der Waals surface area contributed by atoms with Crippen LogP contribution in [0.2, 0.25) is 0 Å². The lowest BCUT2D eigenvalue weighted by Gasteiger charge is -2.27. The predicted molar refractivity (Wildman–Crippen MR) is 108 cm³/mol. The Morgan fingerprint density at radius 3 is 2.54 bits per heavy atom. The minimum absolute atomic E-state index is 0.0886. The first-order chi connectivity index (χ1) is 13.8. The number of ether oxygens (including phenoxy) is 1. The molecule has 0 atom stereocenters. The lowest BCUT2D eigenvalue weighted by Crippen LogP contribution is -2.38. The largest absolute Gasteiger partial charge is 0.489 e. The Morgan fingerprint density at radius 1 is 0.929 bits per heavy atom. The van der Waals surface area contributed by atoms with Gasteiger partial charge in [0.2, 0.25) is 0 Å². The van der Waals surface area contributed by atoms with Crippen molar-refractivity contribution in [1.82, 2.24) is 4.90 Å². The molecule has 1 heterocycles. The summed E-state index contributed by atoms with van der Waals surface area (Å²) in [6.45, 7) is 1.16. The maximum atomic E-state index is 12.4. The SMILES string of the molecule is O=CCN1CCc2cc(OCc3ccccc3-c3ccccc3)ccc2C1=O. The van der Waals surface area contributed by atoms with Gasteiger partial charge in [0.25, 0.3) is 5.91 Å². The number of aldehydes is 1. The van der Waals surface area contributed by atoms with Gasteiger partial charge >= 0.3 is 0 Å². The van der Waals surface area contributed by atoms with E-state index in [1.807, 2.05) is 42.5 Å². The molecule has 140 valence electrons. The molecule has 1 aliphatic heterocycles. The number of fused-ring (bicyclic) bond motifs is 1. The Hall–Kier alpha value is -3.40. The molecule has 0 aliphatic carbocycles. The first kappa shape index (κ1) is 18.0. The fourth-order valence-electron chi connectivity index (χ4n) is 3.57. The molecule has 1 amide bonds. The molecule has 4 nitrogen and oxygen atoms in total. The van der Waals surface area contributed by atoms with Gasteiger partial charge in [-0.25, -0.2) is 0 Å². The van der Waals surface area contributed by atoms with E-state index in [0.717, 1.165) is 40.7 Å². The Kier molecular flexibility index (Phi) is 5.20. The Balaban J connectivity index is 1.52. The van der Waals surface area contributed by atoms with Crippen molar-refractivity contribution >= 4 is 12.2 Å². The van der Waals surface area contributed by atoms with Gasteiger partial charge in [0.1, 0.15) is 18.6 Å². The number of benzene rings is 3. The maximum Gasteiger partial charge on any atom is 0.254 e. The van der Waals surface area contributed by atoms with E-state index >= 15 is 0 Å². The second kappa shape index (κ2) is 8.09. The van der Waals surface area contributed by atoms with E-state index in [1.165, 1.54) is 0 Å². The van der Waals surface area contributed by atoms with Gasteiger partial charge in [0.05, 0.1) is 6.54 Å². The number of hydrogen-bond donors (Lipinski definition) is 0. The highest BCUT2D eigenvalue weighted by atomic mass is 16.5. The van der Waals surface area contributed by atoms with Crippen LogP contribution in [-0.2, 0) is 17.8 Å². The van der Waals surface area contributed by atoms with Crippen molar-refractivity contribution in [3.05, 3.63) is 89.5 Å². The fraction of sp³-hybridized carbons (Fsp3) is 0.167. The fourth-order valence-corrected chi connectivity index (χ4v) is 3.57. The summed E-state index contributed by atoms with van der Waals surface area (Å²) in [5, 5.41) is 0. The Bertz CT molecular complexity index is 998. The Labute approximate surface area is 164 Å². The van der Waals surface area contributed by atoms with Crippen LogP contribution in [0.5, 0.6) is 5.75 Å². The monoisotopic (exact) mass is 371 g/mol. The quantitative estimate of drug-likeness (QED) is 0.612. The van der Waals surface area contributed by atoms with Crippen LogP contribution in [0.25, 0.3) is 11.1 Å². The van der Waals surface area contributed by atoms with Crippen LogP contribution in [-0.4, -0.2) is 30.2 Å². The van der Waals surface area contributed by atoms with E-state index in [2.05, 4.69) is 24.3 Å². The number of amides is 1. The molecular formula is C24H21NO3. The van der Waals surface area contributed by atoms with Gasteiger partial charge in [-0.2, -0.15) is 0 Å². The van der Waals surface area contributed by atoms with Crippen molar-refractivity contribution in [3.63, 3.8) is 0 Å². The summed E-state index contributed by atoms with van der Waals surface area (Å²) < 4.78 is 6.05. The number of hydrogen-bond acceptors (Lipinski definition) is 3. The van der Waals surface area contributed by atoms with Crippen molar-refractivity contribution in [3.8, 4) is 16.9 Å². The zero-order valence-corrected chi connectivity index (χ0v) is 15.5. The number of rotatable bonds is 6. The highest BCUT2D eigenvalue weighted by Gasteiger charge is 2.24. The summed E-state index contributed by atoms with van der Waals surface area (Å²) in [6, 6.07) is 24.0. The summed E-state index contributed by atoms with van der Waals surface area (Å²) in [4.78, 5) is 24.7. The van der Waals surface area contributed by atoms with Gasteiger partial charge in [0, 0.05) is 12.1 Å². The van der Waals surface area contributed by atoms with E-state index in [1.54, 1.807) is 11.0 Å². The van der Waals surface area contributed by atoms with E-state index in [9.17, 15) is 9.59 Å². The van der Waals surface area contributed by atoms with Crippen LogP contribution in [0.3, 0.4) is 0 Å². The lowest BCUT2D eigenvalue weighted by molar-refractivity contribution is -0.108. The van der Waals surface area contributed by atoms with Crippen LogP contribution in [0.1, 0.15) is 21.5 Å². The molecule has 0 saturated heterocycles. The van der Waals surface area contributed by atoms with Crippen LogP contribution >= 0.6 is 0 Å².